The van der Waals surface area contributed by atoms with Crippen LogP contribution in [0.25, 0.3) is 104 Å². The highest BCUT2D eigenvalue weighted by Crippen LogP contribution is 2.49. The van der Waals surface area contributed by atoms with Gasteiger partial charge in [0.25, 0.3) is 0 Å². The molecule has 2 heterocycles. The molecule has 0 saturated carbocycles. The highest BCUT2D eigenvalue weighted by atomic mass is 15.0. The van der Waals surface area contributed by atoms with Crippen molar-refractivity contribution in [3.05, 3.63) is 220 Å². The lowest BCUT2D eigenvalue weighted by atomic mass is 9.88. The Morgan fingerprint density at radius 1 is 0.403 bits per heavy atom. The maximum Gasteiger partial charge on any atom is 0.197 e. The minimum Gasteiger partial charge on any atom is -0.310 e. The van der Waals surface area contributed by atoms with Crippen molar-refractivity contribution < 1.29 is 0 Å². The summed E-state index contributed by atoms with van der Waals surface area (Å²) in [4.78, 5) is 4.34. The molecule has 9 aromatic carbocycles. The van der Waals surface area contributed by atoms with Crippen LogP contribution in [0.2, 0.25) is 0 Å². The van der Waals surface area contributed by atoms with Crippen LogP contribution in [0.15, 0.2) is 164 Å². The standard InChI is InChI=1S/C63H48N4/c1-37-29-40(4)60(41(5)30-37)45-24-27-56-51(34-45)48-15-9-11-19-54(48)66(56)58-21-13-17-50(47-26-23-44(36-64)33-39(47)3)62(58)63-53(65-8)18-14-22-59(63)67-55-20-12-10-16-49(55)52-35-46(25-28-57(52)67)61-42(6)31-38(2)32-43(61)7/h9-35H,1-7H3. The van der Waals surface area contributed by atoms with E-state index in [2.05, 4.69) is 208 Å². The summed E-state index contributed by atoms with van der Waals surface area (Å²) in [6.07, 6.45) is 0. The van der Waals surface area contributed by atoms with Gasteiger partial charge in [-0.3, -0.25) is 0 Å². The summed E-state index contributed by atoms with van der Waals surface area (Å²) in [6, 6.07) is 61.1. The fraction of sp³-hybridized carbons (Fsp3) is 0.111. The maximum atomic E-state index is 9.97. The van der Waals surface area contributed by atoms with E-state index in [1.54, 1.807) is 0 Å². The minimum atomic E-state index is 0.555. The fourth-order valence-corrected chi connectivity index (χ4v) is 11.4. The van der Waals surface area contributed by atoms with Crippen molar-refractivity contribution in [2.75, 3.05) is 0 Å². The zero-order chi connectivity index (χ0) is 46.2. The summed E-state index contributed by atoms with van der Waals surface area (Å²) in [6.45, 7) is 24.1. The molecule has 4 heteroatoms. The predicted octanol–water partition coefficient (Wildman–Crippen LogP) is 17.1. The highest BCUT2D eigenvalue weighted by Gasteiger charge is 2.26. The number of fused-ring (bicyclic) bond motifs is 6. The van der Waals surface area contributed by atoms with Gasteiger partial charge in [-0.2, -0.15) is 5.26 Å². The van der Waals surface area contributed by atoms with Crippen molar-refractivity contribution in [1.82, 2.24) is 9.13 Å². The van der Waals surface area contributed by atoms with Crippen LogP contribution < -0.4 is 0 Å². The van der Waals surface area contributed by atoms with Gasteiger partial charge >= 0.3 is 0 Å². The average Bonchev–Trinajstić information content (AvgIpc) is 3.82. The van der Waals surface area contributed by atoms with Gasteiger partial charge in [0, 0.05) is 38.4 Å². The van der Waals surface area contributed by atoms with Crippen LogP contribution >= 0.6 is 0 Å². The lowest BCUT2D eigenvalue weighted by Gasteiger charge is -2.23. The number of nitrogens with zero attached hydrogens (tertiary/aromatic N) is 4. The molecule has 0 radical (unpaired) electrons. The molecule has 0 amide bonds. The van der Waals surface area contributed by atoms with Gasteiger partial charge in [0.1, 0.15) is 0 Å². The number of para-hydroxylation sites is 2. The molecule has 0 saturated heterocycles. The molecule has 0 fully saturated rings. The molecule has 0 bridgehead atoms. The molecule has 0 aliphatic carbocycles. The van der Waals surface area contributed by atoms with Gasteiger partial charge in [-0.1, -0.05) is 114 Å². The van der Waals surface area contributed by atoms with Crippen molar-refractivity contribution in [3.8, 4) is 62.0 Å². The number of aromatic nitrogens is 2. The fourth-order valence-electron chi connectivity index (χ4n) is 11.4. The van der Waals surface area contributed by atoms with E-state index in [9.17, 15) is 5.26 Å². The van der Waals surface area contributed by atoms with Crippen molar-refractivity contribution >= 4 is 49.3 Å². The molecule has 11 rings (SSSR count). The number of hydrogen-bond donors (Lipinski definition) is 0. The largest absolute Gasteiger partial charge is 0.310 e. The quantitative estimate of drug-likeness (QED) is 0.154. The molecule has 11 aromatic rings. The lowest BCUT2D eigenvalue weighted by Crippen LogP contribution is -2.04. The van der Waals surface area contributed by atoms with Crippen LogP contribution in [-0.4, -0.2) is 9.13 Å². The van der Waals surface area contributed by atoms with Gasteiger partial charge < -0.3 is 9.13 Å². The number of hydrogen-bond acceptors (Lipinski definition) is 1. The summed E-state index contributed by atoms with van der Waals surface area (Å²) in [5.41, 5.74) is 24.6. The predicted molar refractivity (Wildman–Crippen MR) is 281 cm³/mol. The summed E-state index contributed by atoms with van der Waals surface area (Å²) >= 11 is 0. The normalized spacial score (nSPS) is 11.5. The van der Waals surface area contributed by atoms with E-state index >= 15 is 0 Å². The van der Waals surface area contributed by atoms with E-state index in [1.807, 2.05) is 24.3 Å². The van der Waals surface area contributed by atoms with Crippen LogP contribution in [0.4, 0.5) is 5.69 Å². The summed E-state index contributed by atoms with van der Waals surface area (Å²) in [7, 11) is 0. The monoisotopic (exact) mass is 860 g/mol. The Bertz CT molecular complexity index is 3920. The number of rotatable bonds is 6. The molecular weight excluding hydrogens is 813 g/mol. The zero-order valence-corrected chi connectivity index (χ0v) is 38.9. The molecule has 0 spiro atoms. The van der Waals surface area contributed by atoms with Crippen molar-refractivity contribution in [1.29, 1.82) is 5.26 Å². The van der Waals surface area contributed by atoms with Gasteiger partial charge in [0.2, 0.25) is 0 Å². The van der Waals surface area contributed by atoms with E-state index in [1.165, 1.54) is 55.6 Å². The number of aryl methyl sites for hydroxylation is 7. The van der Waals surface area contributed by atoms with Crippen molar-refractivity contribution in [3.63, 3.8) is 0 Å². The Hall–Kier alpha value is -8.44. The second-order valence-corrected chi connectivity index (χ2v) is 18.3. The summed E-state index contributed by atoms with van der Waals surface area (Å²) < 4.78 is 4.76. The SMILES string of the molecule is [C-]#[N+]c1cccc(-n2c3ccccc3c3cc(-c4c(C)cc(C)cc4C)ccc32)c1-c1c(-c2ccc(C#N)cc2C)cccc1-n1c2ccccc2c2cc(-c3c(C)cc(C)cc3C)ccc21. The highest BCUT2D eigenvalue weighted by molar-refractivity contribution is 6.14. The Balaban J connectivity index is 1.25. The first-order valence-electron chi connectivity index (χ1n) is 22.9. The molecule has 0 aliphatic rings. The molecule has 0 unspecified atom stereocenters. The van der Waals surface area contributed by atoms with E-state index < -0.39 is 0 Å². The Morgan fingerprint density at radius 3 is 1.37 bits per heavy atom. The van der Waals surface area contributed by atoms with Crippen LogP contribution in [-0.2, 0) is 0 Å². The topological polar surface area (TPSA) is 38.0 Å². The maximum absolute atomic E-state index is 9.97. The van der Waals surface area contributed by atoms with E-state index in [4.69, 9.17) is 6.57 Å². The van der Waals surface area contributed by atoms with Gasteiger partial charge in [-0.05, 0) is 170 Å². The molecule has 0 atom stereocenters. The zero-order valence-electron chi connectivity index (χ0n) is 38.9. The van der Waals surface area contributed by atoms with E-state index in [-0.39, 0.29) is 0 Å². The Labute approximate surface area is 392 Å². The average molecular weight is 861 g/mol. The summed E-state index contributed by atoms with van der Waals surface area (Å²) in [5.74, 6) is 0. The first-order valence-corrected chi connectivity index (χ1v) is 22.9. The number of nitriles is 1. The van der Waals surface area contributed by atoms with Crippen molar-refractivity contribution in [2.24, 2.45) is 0 Å². The second kappa shape index (κ2) is 15.9. The Kier molecular flexibility index (Phi) is 9.81. The van der Waals surface area contributed by atoms with Crippen LogP contribution in [0, 0.1) is 66.4 Å². The molecule has 0 N–H and O–H groups in total. The third kappa shape index (κ3) is 6.56. The third-order valence-electron chi connectivity index (χ3n) is 13.8. The molecule has 320 valence electrons. The smallest absolute Gasteiger partial charge is 0.197 e. The minimum absolute atomic E-state index is 0.555. The van der Waals surface area contributed by atoms with E-state index in [0.29, 0.717) is 11.3 Å². The van der Waals surface area contributed by atoms with Crippen LogP contribution in [0.1, 0.15) is 44.5 Å². The second-order valence-electron chi connectivity index (χ2n) is 18.3. The molecule has 0 aliphatic heterocycles. The summed E-state index contributed by atoms with van der Waals surface area (Å²) in [5, 5.41) is 14.6. The molecular formula is C63H48N4. The molecule has 67 heavy (non-hydrogen) atoms. The lowest BCUT2D eigenvalue weighted by molar-refractivity contribution is 1.16. The first kappa shape index (κ1) is 41.3. The van der Waals surface area contributed by atoms with Gasteiger partial charge in [-0.15, -0.1) is 0 Å². The number of benzene rings is 9. The van der Waals surface area contributed by atoms with Crippen molar-refractivity contribution in [2.45, 2.75) is 48.5 Å². The van der Waals surface area contributed by atoms with Crippen LogP contribution in [0.3, 0.4) is 0 Å². The van der Waals surface area contributed by atoms with Gasteiger partial charge in [0.15, 0.2) is 5.69 Å². The van der Waals surface area contributed by atoms with Gasteiger partial charge in [0.05, 0.1) is 46.0 Å². The van der Waals surface area contributed by atoms with E-state index in [0.717, 1.165) is 82.8 Å². The van der Waals surface area contributed by atoms with Gasteiger partial charge in [-0.25, -0.2) is 4.85 Å². The Morgan fingerprint density at radius 2 is 0.881 bits per heavy atom. The molecule has 2 aromatic heterocycles. The first-order chi connectivity index (χ1) is 32.5. The molecule has 4 nitrogen and oxygen atoms in total. The van der Waals surface area contributed by atoms with Crippen LogP contribution in [0.5, 0.6) is 0 Å². The third-order valence-corrected chi connectivity index (χ3v) is 13.8.